The smallest absolute Gasteiger partial charge is 0.744 e. The van der Waals surface area contributed by atoms with E-state index in [0.717, 1.165) is 24.3 Å². The molecule has 0 spiro atoms. The van der Waals surface area contributed by atoms with Gasteiger partial charge in [-0.3, -0.25) is 0 Å². The molecule has 0 bridgehead atoms. The molecule has 0 fully saturated rings. The molecule has 0 amide bonds. The van der Waals surface area contributed by atoms with Crippen LogP contribution < -0.4 is 123 Å². The third-order valence-corrected chi connectivity index (χ3v) is 7.18. The van der Waals surface area contributed by atoms with Crippen molar-refractivity contribution in [2.45, 2.75) is 9.79 Å². The summed E-state index contributed by atoms with van der Waals surface area (Å²) in [5.74, 6) is -0.192. The van der Waals surface area contributed by atoms with Crippen LogP contribution in [-0.4, -0.2) is 70.1 Å². The molecule has 0 saturated heterocycles. The predicted molar refractivity (Wildman–Crippen MR) is 147 cm³/mol. The van der Waals surface area contributed by atoms with Crippen LogP contribution in [0.5, 0.6) is 12.0 Å². The molecule has 0 radical (unpaired) electrons. The molecule has 0 aliphatic rings. The summed E-state index contributed by atoms with van der Waals surface area (Å²) in [6.45, 7) is 0. The van der Waals surface area contributed by atoms with Crippen LogP contribution >= 0.6 is 23.2 Å². The second-order valence-electron chi connectivity index (χ2n) is 7.83. The summed E-state index contributed by atoms with van der Waals surface area (Å²) >= 11 is 11.6. The molecule has 0 saturated carbocycles. The van der Waals surface area contributed by atoms with Gasteiger partial charge in [0.2, 0.25) is 22.5 Å². The maximum absolute atomic E-state index is 12.0. The molecule has 0 aliphatic heterocycles. The largest absolute Gasteiger partial charge is 1.00 e. The minimum absolute atomic E-state index is 0. The Morgan fingerprint density at radius 1 is 0.659 bits per heavy atom. The Morgan fingerprint density at radius 2 is 1.02 bits per heavy atom. The van der Waals surface area contributed by atoms with Gasteiger partial charge in [0.05, 0.1) is 24.0 Å². The number of hydrogen-bond acceptors (Lipinski definition) is 16. The molecule has 4 rings (SSSR count). The van der Waals surface area contributed by atoms with Crippen molar-refractivity contribution < 1.29 is 138 Å². The fourth-order valence-electron chi connectivity index (χ4n) is 3.33. The van der Waals surface area contributed by atoms with Crippen molar-refractivity contribution in [2.75, 3.05) is 24.9 Å². The van der Waals surface area contributed by atoms with Crippen molar-refractivity contribution in [3.63, 3.8) is 0 Å². The van der Waals surface area contributed by atoms with E-state index in [1.165, 1.54) is 38.5 Å². The normalized spacial score (nSPS) is 11.3. The molecule has 44 heavy (non-hydrogen) atoms. The van der Waals surface area contributed by atoms with Gasteiger partial charge in [-0.05, 0) is 58.6 Å². The SMILES string of the molecule is COc1nc(Cl)nc(Nc2ccc(/C=C/c3ccc(Nc4nc(Cl)nc(OC)n4)cc3S(=O)(=O)[O-])c(S(=O)(=O)[O-])c2)n1.[K+].[K+]. The number of anilines is 4. The van der Waals surface area contributed by atoms with E-state index in [1.807, 2.05) is 0 Å². The van der Waals surface area contributed by atoms with E-state index >= 15 is 0 Å². The van der Waals surface area contributed by atoms with Crippen molar-refractivity contribution in [3.05, 3.63) is 58.1 Å². The van der Waals surface area contributed by atoms with E-state index in [2.05, 4.69) is 40.5 Å². The number of rotatable bonds is 10. The van der Waals surface area contributed by atoms with Gasteiger partial charge in [-0.1, -0.05) is 24.3 Å². The van der Waals surface area contributed by atoms with Crippen LogP contribution in [0.2, 0.25) is 10.6 Å². The van der Waals surface area contributed by atoms with E-state index in [-0.39, 0.29) is 160 Å². The number of hydrogen-bond donors (Lipinski definition) is 2. The number of nitrogens with one attached hydrogen (secondary N) is 2. The Kier molecular flexibility index (Phi) is 15.0. The molecule has 2 aromatic heterocycles. The number of nitrogens with zero attached hydrogens (tertiary/aromatic N) is 6. The van der Waals surface area contributed by atoms with Crippen molar-refractivity contribution in [3.8, 4) is 12.0 Å². The molecule has 0 unspecified atom stereocenters. The Morgan fingerprint density at radius 3 is 1.34 bits per heavy atom. The zero-order valence-electron chi connectivity index (χ0n) is 23.1. The van der Waals surface area contributed by atoms with E-state index in [0.29, 0.717) is 0 Å². The van der Waals surface area contributed by atoms with Crippen LogP contribution in [0.1, 0.15) is 11.1 Å². The number of aromatic nitrogens is 6. The molecule has 16 nitrogen and oxygen atoms in total. The first-order chi connectivity index (χ1) is 19.7. The fraction of sp³-hybridized carbons (Fsp3) is 0.0909. The first-order valence-electron chi connectivity index (χ1n) is 11.1. The van der Waals surface area contributed by atoms with Gasteiger partial charge in [0, 0.05) is 11.4 Å². The molecule has 4 aromatic rings. The molecule has 0 atom stereocenters. The van der Waals surface area contributed by atoms with Gasteiger partial charge in [-0.2, -0.15) is 29.9 Å². The van der Waals surface area contributed by atoms with Crippen molar-refractivity contribution in [1.29, 1.82) is 0 Å². The van der Waals surface area contributed by atoms with Gasteiger partial charge in [0.25, 0.3) is 0 Å². The van der Waals surface area contributed by atoms with E-state index in [9.17, 15) is 25.9 Å². The molecular weight excluding hydrogens is 718 g/mol. The Balaban J connectivity index is 0.00000337. The first kappa shape index (κ1) is 39.3. The number of halogens is 2. The van der Waals surface area contributed by atoms with Crippen LogP contribution in [0, 0.1) is 0 Å². The van der Waals surface area contributed by atoms with Gasteiger partial charge < -0.3 is 29.2 Å². The van der Waals surface area contributed by atoms with Crippen LogP contribution in [0.15, 0.2) is 46.2 Å². The summed E-state index contributed by atoms with van der Waals surface area (Å²) < 4.78 is 82.1. The standard InChI is InChI=1S/C22H18Cl2N8O8S2.2K/c1-39-21-29-17(23)27-19(31-21)25-13-7-5-11(15(9-13)41(33,34)35)3-4-12-6-8-14(10-16(12)42(36,37)38)26-20-28-18(24)30-22(32-20)40-2;;/h3-10H,1-2H3,(H,33,34,35)(H,36,37,38)(H,25,27,29,31)(H,26,28,30,32);;/q;2*+1/p-2/b4-3+;;. The van der Waals surface area contributed by atoms with Gasteiger partial charge in [-0.25, -0.2) is 16.8 Å². The quantitative estimate of drug-likeness (QED) is 0.0931. The number of methoxy groups -OCH3 is 2. The minimum Gasteiger partial charge on any atom is -0.744 e. The van der Waals surface area contributed by atoms with Crippen molar-refractivity contribution in [1.82, 2.24) is 29.9 Å². The van der Waals surface area contributed by atoms with Crippen LogP contribution in [0.25, 0.3) is 12.2 Å². The summed E-state index contributed by atoms with van der Waals surface area (Å²) in [6.07, 6.45) is 2.32. The molecule has 22 heteroatoms. The zero-order valence-corrected chi connectivity index (χ0v) is 32.5. The topological polar surface area (TPSA) is 234 Å². The summed E-state index contributed by atoms with van der Waals surface area (Å²) in [5, 5.41) is 4.96. The average Bonchev–Trinajstić information content (AvgIpc) is 2.91. The predicted octanol–water partition coefficient (Wildman–Crippen LogP) is -3.15. The molecule has 2 heterocycles. The third kappa shape index (κ3) is 10.8. The Bertz CT molecular complexity index is 1790. The monoisotopic (exact) mass is 732 g/mol. The summed E-state index contributed by atoms with van der Waals surface area (Å²) in [4.78, 5) is 21.6. The van der Waals surface area contributed by atoms with Gasteiger partial charge in [0.1, 0.15) is 20.2 Å². The summed E-state index contributed by atoms with van der Waals surface area (Å²) in [5.41, 5.74) is -0.0196. The zero-order chi connectivity index (χ0) is 30.7. The van der Waals surface area contributed by atoms with Crippen LogP contribution in [0.4, 0.5) is 23.3 Å². The van der Waals surface area contributed by atoms with Crippen molar-refractivity contribution >= 4 is 78.9 Å². The Labute approximate surface area is 346 Å². The number of ether oxygens (including phenoxy) is 2. The molecule has 0 aliphatic carbocycles. The second-order valence-corrected chi connectivity index (χ2v) is 11.2. The summed E-state index contributed by atoms with van der Waals surface area (Å²) in [7, 11) is -7.47. The van der Waals surface area contributed by atoms with E-state index < -0.39 is 30.0 Å². The second kappa shape index (κ2) is 16.8. The molecule has 2 aromatic carbocycles. The van der Waals surface area contributed by atoms with E-state index in [1.54, 1.807) is 0 Å². The third-order valence-electron chi connectivity index (χ3n) is 5.06. The average molecular weight is 734 g/mol. The molecular formula is C22H16Cl2K2N8O8S2. The fourth-order valence-corrected chi connectivity index (χ4v) is 5.03. The maximum atomic E-state index is 12.0. The molecule has 220 valence electrons. The maximum Gasteiger partial charge on any atom is 1.00 e. The van der Waals surface area contributed by atoms with Crippen LogP contribution in [0.3, 0.4) is 0 Å². The first-order valence-corrected chi connectivity index (χ1v) is 14.7. The minimum atomic E-state index is -5.04. The van der Waals surface area contributed by atoms with Gasteiger partial charge in [0.15, 0.2) is 0 Å². The Hall–Kier alpha value is -0.927. The number of benzene rings is 2. The summed E-state index contributed by atoms with van der Waals surface area (Å²) in [6, 6.07) is 7.12. The van der Waals surface area contributed by atoms with E-state index in [4.69, 9.17) is 32.7 Å². The van der Waals surface area contributed by atoms with Gasteiger partial charge >= 0.3 is 115 Å². The van der Waals surface area contributed by atoms with Crippen LogP contribution in [-0.2, 0) is 20.2 Å². The van der Waals surface area contributed by atoms with Crippen molar-refractivity contribution in [2.24, 2.45) is 0 Å². The van der Waals surface area contributed by atoms with Gasteiger partial charge in [-0.15, -0.1) is 0 Å². The molecule has 2 N–H and O–H groups in total.